The van der Waals surface area contributed by atoms with Gasteiger partial charge in [0, 0.05) is 24.4 Å². The molecule has 0 aliphatic rings. The molecule has 0 amide bonds. The van der Waals surface area contributed by atoms with Crippen LogP contribution in [0.3, 0.4) is 0 Å². The van der Waals surface area contributed by atoms with Crippen molar-refractivity contribution >= 4 is 5.97 Å². The highest BCUT2D eigenvalue weighted by molar-refractivity contribution is 5.87. The number of nitrogens with zero attached hydrogens (tertiary/aromatic N) is 1. The highest BCUT2D eigenvalue weighted by Crippen LogP contribution is 2.17. The van der Waals surface area contributed by atoms with Crippen LogP contribution in [0.4, 0.5) is 0 Å². The second-order valence-electron chi connectivity index (χ2n) is 2.58. The molecule has 0 unspecified atom stereocenters. The molecule has 0 saturated heterocycles. The molecule has 0 aliphatic carbocycles. The van der Waals surface area contributed by atoms with Gasteiger partial charge in [0.1, 0.15) is 5.75 Å². The van der Waals surface area contributed by atoms with E-state index < -0.39 is 5.97 Å². The number of aromatic nitrogens is 1. The minimum absolute atomic E-state index is 0.210. The van der Waals surface area contributed by atoms with E-state index in [0.717, 1.165) is 5.56 Å². The molecule has 0 saturated carbocycles. The third-order valence-electron chi connectivity index (χ3n) is 1.78. The maximum absolute atomic E-state index is 11.1. The highest BCUT2D eigenvalue weighted by atomic mass is 16.5. The van der Waals surface area contributed by atoms with Gasteiger partial charge in [-0.1, -0.05) is 0 Å². The van der Waals surface area contributed by atoms with Crippen LogP contribution in [0.2, 0.25) is 0 Å². The van der Waals surface area contributed by atoms with E-state index in [1.54, 1.807) is 0 Å². The van der Waals surface area contributed by atoms with Crippen LogP contribution < -0.4 is 10.5 Å². The van der Waals surface area contributed by atoms with E-state index in [4.69, 9.17) is 10.5 Å². The number of ether oxygens (including phenoxy) is 2. The van der Waals surface area contributed by atoms with Gasteiger partial charge in [0.2, 0.25) is 0 Å². The van der Waals surface area contributed by atoms with Crippen molar-refractivity contribution < 1.29 is 14.3 Å². The molecule has 14 heavy (non-hydrogen) atoms. The zero-order chi connectivity index (χ0) is 10.6. The lowest BCUT2D eigenvalue weighted by molar-refractivity contribution is 0.0593. The number of esters is 1. The van der Waals surface area contributed by atoms with Crippen molar-refractivity contribution in [1.82, 2.24) is 4.98 Å². The highest BCUT2D eigenvalue weighted by Gasteiger charge is 2.10. The number of carbonyl (C=O) groups excluding carboxylic acids is 1. The Bertz CT molecular complexity index is 339. The van der Waals surface area contributed by atoms with Crippen LogP contribution in [0.5, 0.6) is 5.75 Å². The second kappa shape index (κ2) is 4.57. The maximum Gasteiger partial charge on any atom is 0.356 e. The van der Waals surface area contributed by atoms with Crippen molar-refractivity contribution in [2.24, 2.45) is 5.73 Å². The van der Waals surface area contributed by atoms with Crippen molar-refractivity contribution in [3.63, 3.8) is 0 Å². The summed E-state index contributed by atoms with van der Waals surface area (Å²) >= 11 is 0. The largest absolute Gasteiger partial charge is 0.496 e. The van der Waals surface area contributed by atoms with E-state index in [0.29, 0.717) is 12.3 Å². The van der Waals surface area contributed by atoms with Gasteiger partial charge in [0.05, 0.1) is 14.2 Å². The van der Waals surface area contributed by atoms with Gasteiger partial charge in [-0.2, -0.15) is 0 Å². The predicted octanol–water partition coefficient (Wildman–Crippen LogP) is 0.336. The number of carbonyl (C=O) groups is 1. The van der Waals surface area contributed by atoms with Crippen LogP contribution in [0.15, 0.2) is 12.3 Å². The SMILES string of the molecule is COC(=O)c1cc(OC)c(CN)cn1. The molecule has 0 spiro atoms. The van der Waals surface area contributed by atoms with Crippen molar-refractivity contribution in [2.45, 2.75) is 6.54 Å². The minimum atomic E-state index is -0.494. The van der Waals surface area contributed by atoms with E-state index in [1.807, 2.05) is 0 Å². The lowest BCUT2D eigenvalue weighted by Crippen LogP contribution is -2.07. The Balaban J connectivity index is 3.07. The Kier molecular flexibility index (Phi) is 3.41. The summed E-state index contributed by atoms with van der Waals surface area (Å²) in [7, 11) is 2.81. The Morgan fingerprint density at radius 3 is 2.79 bits per heavy atom. The fraction of sp³-hybridized carbons (Fsp3) is 0.333. The summed E-state index contributed by atoms with van der Waals surface area (Å²) in [6.07, 6.45) is 1.51. The monoisotopic (exact) mass is 196 g/mol. The van der Waals surface area contributed by atoms with Gasteiger partial charge < -0.3 is 15.2 Å². The number of methoxy groups -OCH3 is 2. The van der Waals surface area contributed by atoms with Crippen molar-refractivity contribution in [3.05, 3.63) is 23.5 Å². The smallest absolute Gasteiger partial charge is 0.356 e. The summed E-state index contributed by atoms with van der Waals surface area (Å²) in [6, 6.07) is 1.51. The van der Waals surface area contributed by atoms with Crippen LogP contribution in [-0.2, 0) is 11.3 Å². The van der Waals surface area contributed by atoms with Crippen LogP contribution in [-0.4, -0.2) is 25.2 Å². The van der Waals surface area contributed by atoms with Gasteiger partial charge in [-0.15, -0.1) is 0 Å². The quantitative estimate of drug-likeness (QED) is 0.705. The number of hydrogen-bond donors (Lipinski definition) is 1. The van der Waals surface area contributed by atoms with E-state index >= 15 is 0 Å². The first-order chi connectivity index (χ1) is 6.72. The zero-order valence-corrected chi connectivity index (χ0v) is 8.11. The molecule has 1 heterocycles. The number of rotatable bonds is 3. The topological polar surface area (TPSA) is 74.4 Å². The first kappa shape index (κ1) is 10.5. The Morgan fingerprint density at radius 2 is 2.29 bits per heavy atom. The van der Waals surface area contributed by atoms with E-state index in [1.165, 1.54) is 26.5 Å². The van der Waals surface area contributed by atoms with E-state index in [9.17, 15) is 4.79 Å². The van der Waals surface area contributed by atoms with Crippen LogP contribution in [0.25, 0.3) is 0 Å². The van der Waals surface area contributed by atoms with Gasteiger partial charge in [0.25, 0.3) is 0 Å². The average Bonchev–Trinajstić information content (AvgIpc) is 2.26. The van der Waals surface area contributed by atoms with Gasteiger partial charge in [-0.3, -0.25) is 0 Å². The Hall–Kier alpha value is -1.62. The number of nitrogens with two attached hydrogens (primary N) is 1. The summed E-state index contributed by atoms with van der Waals surface area (Å²) in [5.74, 6) is 0.0507. The molecule has 0 atom stereocenters. The molecule has 0 fully saturated rings. The van der Waals surface area contributed by atoms with E-state index in [2.05, 4.69) is 9.72 Å². The summed E-state index contributed by atoms with van der Waals surface area (Å²) in [6.45, 7) is 0.317. The molecule has 76 valence electrons. The van der Waals surface area contributed by atoms with Gasteiger partial charge >= 0.3 is 5.97 Å². The standard InChI is InChI=1S/C9H12N2O3/c1-13-8-3-7(9(12)14-2)11-5-6(8)4-10/h3,5H,4,10H2,1-2H3. The molecular formula is C9H12N2O3. The second-order valence-corrected chi connectivity index (χ2v) is 2.58. The predicted molar refractivity (Wildman–Crippen MR) is 50.0 cm³/mol. The summed E-state index contributed by atoms with van der Waals surface area (Å²) in [4.78, 5) is 15.0. The zero-order valence-electron chi connectivity index (χ0n) is 8.11. The summed E-state index contributed by atoms with van der Waals surface area (Å²) < 4.78 is 9.56. The summed E-state index contributed by atoms with van der Waals surface area (Å²) in [5.41, 5.74) is 6.41. The van der Waals surface area contributed by atoms with E-state index in [-0.39, 0.29) is 5.69 Å². The van der Waals surface area contributed by atoms with Gasteiger partial charge in [0.15, 0.2) is 5.69 Å². The van der Waals surface area contributed by atoms with Crippen molar-refractivity contribution in [2.75, 3.05) is 14.2 Å². The first-order valence-corrected chi connectivity index (χ1v) is 4.04. The van der Waals surface area contributed by atoms with Crippen molar-refractivity contribution in [1.29, 1.82) is 0 Å². The Morgan fingerprint density at radius 1 is 1.57 bits per heavy atom. The third kappa shape index (κ3) is 2.00. The lowest BCUT2D eigenvalue weighted by Gasteiger charge is -2.06. The first-order valence-electron chi connectivity index (χ1n) is 4.04. The molecule has 5 heteroatoms. The lowest BCUT2D eigenvalue weighted by atomic mass is 10.2. The number of hydrogen-bond acceptors (Lipinski definition) is 5. The molecular weight excluding hydrogens is 184 g/mol. The van der Waals surface area contributed by atoms with Crippen LogP contribution in [0, 0.1) is 0 Å². The Labute approximate surface area is 81.8 Å². The third-order valence-corrected chi connectivity index (χ3v) is 1.78. The molecule has 0 aromatic carbocycles. The molecule has 1 aromatic rings. The van der Waals surface area contributed by atoms with Gasteiger partial charge in [-0.05, 0) is 0 Å². The molecule has 0 aliphatic heterocycles. The molecule has 1 aromatic heterocycles. The maximum atomic E-state index is 11.1. The fourth-order valence-electron chi connectivity index (χ4n) is 1.02. The molecule has 1 rings (SSSR count). The minimum Gasteiger partial charge on any atom is -0.496 e. The summed E-state index contributed by atoms with van der Waals surface area (Å²) in [5, 5.41) is 0. The molecule has 0 bridgehead atoms. The number of pyridine rings is 1. The fourth-order valence-corrected chi connectivity index (χ4v) is 1.02. The normalized spacial score (nSPS) is 9.64. The van der Waals surface area contributed by atoms with Crippen molar-refractivity contribution in [3.8, 4) is 5.75 Å². The van der Waals surface area contributed by atoms with Crippen LogP contribution in [0.1, 0.15) is 16.1 Å². The van der Waals surface area contributed by atoms with Gasteiger partial charge in [-0.25, -0.2) is 9.78 Å². The van der Waals surface area contributed by atoms with Crippen LogP contribution >= 0.6 is 0 Å². The average molecular weight is 196 g/mol. The molecule has 0 radical (unpaired) electrons. The molecule has 2 N–H and O–H groups in total. The molecule has 5 nitrogen and oxygen atoms in total.